The number of halogens is 1. The lowest BCUT2D eigenvalue weighted by molar-refractivity contribution is 0.0953. The predicted octanol–water partition coefficient (Wildman–Crippen LogP) is 3.64. The van der Waals surface area contributed by atoms with E-state index in [1.54, 1.807) is 28.8 Å². The average Bonchev–Trinajstić information content (AvgIpc) is 3.15. The predicted molar refractivity (Wildman–Crippen MR) is 144 cm³/mol. The van der Waals surface area contributed by atoms with Gasteiger partial charge in [-0.25, -0.2) is 23.5 Å². The molecule has 0 bridgehead atoms. The summed E-state index contributed by atoms with van der Waals surface area (Å²) in [7, 11) is -3.77. The number of carbonyl (C=O) groups excluding carboxylic acids is 1. The molecule has 3 aromatic carbocycles. The van der Waals surface area contributed by atoms with Crippen LogP contribution in [0, 0.1) is 0 Å². The maximum absolute atomic E-state index is 13.3. The van der Waals surface area contributed by atoms with Crippen molar-refractivity contribution in [2.75, 3.05) is 5.73 Å². The molecule has 188 valence electrons. The Hall–Kier alpha value is -3.99. The highest BCUT2D eigenvalue weighted by molar-refractivity contribution is 7.89. The SMILES string of the molecule is Nc1c(C(=O)NCc2ccc(Cl)cc2)c2nc3ccccc3nc2n1CCc1ccc(S(N)(=O)=O)cc1. The first kappa shape index (κ1) is 24.7. The third kappa shape index (κ3) is 5.12. The number of sulfonamides is 1. The van der Waals surface area contributed by atoms with E-state index in [4.69, 9.17) is 32.4 Å². The van der Waals surface area contributed by atoms with Gasteiger partial charge in [0.15, 0.2) is 5.65 Å². The van der Waals surface area contributed by atoms with Crippen molar-refractivity contribution in [3.8, 4) is 0 Å². The average molecular weight is 535 g/mol. The molecule has 2 aromatic heterocycles. The molecule has 0 aliphatic heterocycles. The number of para-hydroxylation sites is 2. The quantitative estimate of drug-likeness (QED) is 0.290. The van der Waals surface area contributed by atoms with Gasteiger partial charge in [0.2, 0.25) is 10.0 Å². The minimum atomic E-state index is -3.77. The van der Waals surface area contributed by atoms with Crippen LogP contribution in [0.4, 0.5) is 5.82 Å². The van der Waals surface area contributed by atoms with Crippen LogP contribution in [-0.4, -0.2) is 28.9 Å². The molecule has 1 amide bonds. The molecule has 0 radical (unpaired) electrons. The molecule has 0 fully saturated rings. The number of rotatable bonds is 7. The summed E-state index contributed by atoms with van der Waals surface area (Å²) in [5.41, 5.74) is 10.8. The molecule has 0 aliphatic carbocycles. The summed E-state index contributed by atoms with van der Waals surface area (Å²) in [6, 6.07) is 20.9. The Morgan fingerprint density at radius 1 is 0.919 bits per heavy atom. The topological polar surface area (TPSA) is 146 Å². The first-order valence-electron chi connectivity index (χ1n) is 11.4. The lowest BCUT2D eigenvalue weighted by atomic mass is 10.1. The second-order valence-corrected chi connectivity index (χ2v) is 10.5. The standard InChI is InChI=1S/C26H23ClN6O3S/c27-18-9-5-17(6-10-18)15-30-26(34)22-23-25(32-21-4-2-1-3-20(21)31-23)33(24(22)28)14-13-16-7-11-19(12-8-16)37(29,35)36/h1-12H,13-15,28H2,(H,30,34)(H2,29,35,36). The van der Waals surface area contributed by atoms with Crippen LogP contribution in [-0.2, 0) is 29.5 Å². The van der Waals surface area contributed by atoms with E-state index in [2.05, 4.69) is 5.32 Å². The number of benzene rings is 3. The number of primary sulfonamides is 1. The molecule has 5 rings (SSSR count). The molecule has 37 heavy (non-hydrogen) atoms. The minimum absolute atomic E-state index is 0.0409. The number of aromatic nitrogens is 3. The van der Waals surface area contributed by atoms with Gasteiger partial charge in [-0.1, -0.05) is 48.0 Å². The van der Waals surface area contributed by atoms with E-state index < -0.39 is 10.0 Å². The van der Waals surface area contributed by atoms with Crippen molar-refractivity contribution >= 4 is 55.5 Å². The van der Waals surface area contributed by atoms with E-state index in [1.807, 2.05) is 36.4 Å². The molecule has 9 nitrogen and oxygen atoms in total. The molecule has 5 N–H and O–H groups in total. The Bertz CT molecular complexity index is 1730. The van der Waals surface area contributed by atoms with Crippen LogP contribution in [0.1, 0.15) is 21.5 Å². The third-order valence-electron chi connectivity index (χ3n) is 6.06. The lowest BCUT2D eigenvalue weighted by Gasteiger charge is -2.09. The Kier molecular flexibility index (Phi) is 6.55. The monoisotopic (exact) mass is 534 g/mol. The molecular weight excluding hydrogens is 512 g/mol. The van der Waals surface area contributed by atoms with E-state index >= 15 is 0 Å². The molecule has 0 unspecified atom stereocenters. The maximum Gasteiger partial charge on any atom is 0.257 e. The van der Waals surface area contributed by atoms with Gasteiger partial charge in [0, 0.05) is 18.1 Å². The Morgan fingerprint density at radius 3 is 2.19 bits per heavy atom. The van der Waals surface area contributed by atoms with Gasteiger partial charge < -0.3 is 15.6 Å². The number of nitrogen functional groups attached to an aromatic ring is 1. The molecule has 11 heteroatoms. The fraction of sp³-hybridized carbons (Fsp3) is 0.115. The molecule has 0 saturated carbocycles. The van der Waals surface area contributed by atoms with Gasteiger partial charge in [0.1, 0.15) is 16.9 Å². The molecule has 2 heterocycles. The largest absolute Gasteiger partial charge is 0.384 e. The fourth-order valence-corrected chi connectivity index (χ4v) is 4.77. The zero-order chi connectivity index (χ0) is 26.2. The highest BCUT2D eigenvalue weighted by atomic mass is 35.5. The number of fused-ring (bicyclic) bond motifs is 2. The molecule has 0 aliphatic rings. The van der Waals surface area contributed by atoms with Crippen molar-refractivity contribution in [1.29, 1.82) is 0 Å². The zero-order valence-electron chi connectivity index (χ0n) is 19.6. The van der Waals surface area contributed by atoms with Gasteiger partial charge in [-0.3, -0.25) is 4.79 Å². The zero-order valence-corrected chi connectivity index (χ0v) is 21.1. The van der Waals surface area contributed by atoms with Gasteiger partial charge in [-0.15, -0.1) is 0 Å². The number of nitrogens with two attached hydrogens (primary N) is 2. The second-order valence-electron chi connectivity index (χ2n) is 8.54. The van der Waals surface area contributed by atoms with Crippen molar-refractivity contribution in [2.24, 2.45) is 5.14 Å². The van der Waals surface area contributed by atoms with Gasteiger partial charge in [-0.05, 0) is 53.9 Å². The van der Waals surface area contributed by atoms with E-state index in [-0.39, 0.29) is 22.2 Å². The van der Waals surface area contributed by atoms with Gasteiger partial charge in [0.05, 0.1) is 15.9 Å². The highest BCUT2D eigenvalue weighted by Crippen LogP contribution is 2.28. The smallest absolute Gasteiger partial charge is 0.257 e. The van der Waals surface area contributed by atoms with Crippen molar-refractivity contribution in [2.45, 2.75) is 24.4 Å². The van der Waals surface area contributed by atoms with Crippen LogP contribution in [0.3, 0.4) is 0 Å². The van der Waals surface area contributed by atoms with Crippen LogP contribution in [0.5, 0.6) is 0 Å². The summed E-state index contributed by atoms with van der Waals surface area (Å²) in [6.45, 7) is 0.689. The molecule has 0 saturated heterocycles. The summed E-state index contributed by atoms with van der Waals surface area (Å²) in [6.07, 6.45) is 0.513. The van der Waals surface area contributed by atoms with Gasteiger partial charge in [0.25, 0.3) is 5.91 Å². The molecular formula is C26H23ClN6O3S. The summed E-state index contributed by atoms with van der Waals surface area (Å²) < 4.78 is 24.9. The number of nitrogens with one attached hydrogen (secondary N) is 1. The maximum atomic E-state index is 13.3. The number of hydrogen-bond donors (Lipinski definition) is 3. The Balaban J connectivity index is 1.49. The summed E-state index contributed by atoms with van der Waals surface area (Å²) in [5, 5.41) is 8.72. The van der Waals surface area contributed by atoms with Crippen LogP contribution in [0.15, 0.2) is 77.7 Å². The van der Waals surface area contributed by atoms with Gasteiger partial charge in [-0.2, -0.15) is 0 Å². The minimum Gasteiger partial charge on any atom is -0.384 e. The van der Waals surface area contributed by atoms with Crippen LogP contribution >= 0.6 is 11.6 Å². The number of hydrogen-bond acceptors (Lipinski definition) is 6. The first-order chi connectivity index (χ1) is 17.7. The number of nitrogens with zero attached hydrogens (tertiary/aromatic N) is 3. The Morgan fingerprint density at radius 2 is 1.54 bits per heavy atom. The fourth-order valence-electron chi connectivity index (χ4n) is 4.13. The normalized spacial score (nSPS) is 11.7. The number of amides is 1. The van der Waals surface area contributed by atoms with E-state index in [1.165, 1.54) is 12.1 Å². The first-order valence-corrected chi connectivity index (χ1v) is 13.3. The number of aryl methyl sites for hydroxylation is 2. The molecule has 0 spiro atoms. The third-order valence-corrected chi connectivity index (χ3v) is 7.24. The van der Waals surface area contributed by atoms with E-state index in [0.29, 0.717) is 46.7 Å². The summed E-state index contributed by atoms with van der Waals surface area (Å²) >= 11 is 5.95. The summed E-state index contributed by atoms with van der Waals surface area (Å²) in [5.74, 6) is -0.113. The second kappa shape index (κ2) is 9.81. The van der Waals surface area contributed by atoms with Crippen molar-refractivity contribution in [1.82, 2.24) is 19.9 Å². The Labute approximate surface area is 218 Å². The van der Waals surface area contributed by atoms with Crippen molar-refractivity contribution in [3.05, 3.63) is 94.5 Å². The van der Waals surface area contributed by atoms with Crippen LogP contribution in [0.2, 0.25) is 5.02 Å². The van der Waals surface area contributed by atoms with E-state index in [9.17, 15) is 13.2 Å². The van der Waals surface area contributed by atoms with Crippen molar-refractivity contribution < 1.29 is 13.2 Å². The number of anilines is 1. The van der Waals surface area contributed by atoms with E-state index in [0.717, 1.165) is 11.1 Å². The lowest BCUT2D eigenvalue weighted by Crippen LogP contribution is -2.24. The molecule has 0 atom stereocenters. The van der Waals surface area contributed by atoms with Crippen molar-refractivity contribution in [3.63, 3.8) is 0 Å². The van der Waals surface area contributed by atoms with Crippen LogP contribution < -0.4 is 16.2 Å². The highest BCUT2D eigenvalue weighted by Gasteiger charge is 2.24. The van der Waals surface area contributed by atoms with Gasteiger partial charge >= 0.3 is 0 Å². The number of carbonyl (C=O) groups is 1. The van der Waals surface area contributed by atoms with Crippen LogP contribution in [0.25, 0.3) is 22.2 Å². The molecule has 5 aromatic rings. The summed E-state index contributed by atoms with van der Waals surface area (Å²) in [4.78, 5) is 22.8.